The van der Waals surface area contributed by atoms with Gasteiger partial charge in [0.25, 0.3) is 0 Å². The van der Waals surface area contributed by atoms with Crippen molar-refractivity contribution in [3.05, 3.63) is 113 Å². The molecule has 0 N–H and O–H groups in total. The highest BCUT2D eigenvalue weighted by molar-refractivity contribution is 8.02. The van der Waals surface area contributed by atoms with Crippen LogP contribution in [0, 0.1) is 0 Å². The van der Waals surface area contributed by atoms with Crippen LogP contribution in [0.5, 0.6) is 0 Å². The van der Waals surface area contributed by atoms with Gasteiger partial charge in [-0.2, -0.15) is 0 Å². The second-order valence-electron chi connectivity index (χ2n) is 7.49. The van der Waals surface area contributed by atoms with E-state index in [-0.39, 0.29) is 18.3 Å². The summed E-state index contributed by atoms with van der Waals surface area (Å²) in [7, 11) is 0. The van der Waals surface area contributed by atoms with Crippen molar-refractivity contribution in [3.8, 4) is 0 Å². The molecule has 5 heteroatoms. The van der Waals surface area contributed by atoms with E-state index >= 15 is 0 Å². The van der Waals surface area contributed by atoms with Crippen LogP contribution in [-0.2, 0) is 25.6 Å². The second-order valence-corrected chi connectivity index (χ2v) is 8.57. The van der Waals surface area contributed by atoms with E-state index in [4.69, 9.17) is 18.9 Å². The molecule has 3 aromatic carbocycles. The number of benzene rings is 3. The molecular formula is C26H24O4S. The lowest BCUT2D eigenvalue weighted by Crippen LogP contribution is -2.51. The highest BCUT2D eigenvalue weighted by Gasteiger charge is 2.42. The highest BCUT2D eigenvalue weighted by atomic mass is 32.2. The van der Waals surface area contributed by atoms with Crippen LogP contribution in [0.15, 0.2) is 107 Å². The fourth-order valence-electron chi connectivity index (χ4n) is 3.71. The van der Waals surface area contributed by atoms with Crippen molar-refractivity contribution in [2.75, 3.05) is 6.61 Å². The van der Waals surface area contributed by atoms with E-state index < -0.39 is 6.29 Å². The monoisotopic (exact) mass is 432 g/mol. The first-order valence-electron chi connectivity index (χ1n) is 10.4. The zero-order valence-electron chi connectivity index (χ0n) is 17.0. The van der Waals surface area contributed by atoms with Gasteiger partial charge in [0.2, 0.25) is 0 Å². The Labute approximate surface area is 186 Å². The van der Waals surface area contributed by atoms with Crippen LogP contribution in [0.4, 0.5) is 0 Å². The second kappa shape index (κ2) is 9.71. The molecule has 0 amide bonds. The predicted molar refractivity (Wildman–Crippen MR) is 120 cm³/mol. The minimum atomic E-state index is -0.425. The van der Waals surface area contributed by atoms with Gasteiger partial charge in [0.05, 0.1) is 13.2 Å². The molecule has 2 aliphatic heterocycles. The molecule has 158 valence electrons. The summed E-state index contributed by atoms with van der Waals surface area (Å²) in [5.41, 5.74) is 2.12. The zero-order chi connectivity index (χ0) is 20.9. The lowest BCUT2D eigenvalue weighted by molar-refractivity contribution is -0.282. The van der Waals surface area contributed by atoms with Crippen LogP contribution in [0.3, 0.4) is 0 Å². The van der Waals surface area contributed by atoms with Crippen molar-refractivity contribution in [1.82, 2.24) is 0 Å². The minimum Gasteiger partial charge on any atom is -0.479 e. The summed E-state index contributed by atoms with van der Waals surface area (Å²) >= 11 is 1.59. The van der Waals surface area contributed by atoms with Crippen molar-refractivity contribution in [2.45, 2.75) is 36.1 Å². The first-order valence-corrected chi connectivity index (χ1v) is 11.3. The van der Waals surface area contributed by atoms with Gasteiger partial charge in [-0.1, -0.05) is 90.6 Å². The quantitative estimate of drug-likeness (QED) is 0.498. The summed E-state index contributed by atoms with van der Waals surface area (Å²) in [5, 5.41) is 0.816. The normalized spacial score (nSPS) is 25.2. The largest absolute Gasteiger partial charge is 0.479 e. The maximum Gasteiger partial charge on any atom is 0.184 e. The molecule has 2 heterocycles. The van der Waals surface area contributed by atoms with E-state index in [9.17, 15) is 0 Å². The van der Waals surface area contributed by atoms with Gasteiger partial charge in [0.15, 0.2) is 17.5 Å². The fourth-order valence-corrected chi connectivity index (χ4v) is 4.61. The van der Waals surface area contributed by atoms with E-state index in [2.05, 4.69) is 24.3 Å². The summed E-state index contributed by atoms with van der Waals surface area (Å²) in [4.78, 5) is 1.12. The third-order valence-electron chi connectivity index (χ3n) is 5.27. The molecule has 5 rings (SSSR count). The maximum absolute atomic E-state index is 6.35. The average Bonchev–Trinajstić information content (AvgIpc) is 2.84. The molecule has 1 fully saturated rings. The molecule has 4 atom stereocenters. The molecule has 1 unspecified atom stereocenters. The number of thioether (sulfide) groups is 1. The molecule has 31 heavy (non-hydrogen) atoms. The topological polar surface area (TPSA) is 36.9 Å². The fraction of sp³-hybridized carbons (Fsp3) is 0.231. The van der Waals surface area contributed by atoms with Crippen molar-refractivity contribution < 1.29 is 18.9 Å². The Kier molecular flexibility index (Phi) is 6.37. The van der Waals surface area contributed by atoms with Crippen LogP contribution >= 0.6 is 11.8 Å². The number of ether oxygens (including phenoxy) is 4. The van der Waals surface area contributed by atoms with E-state index in [1.807, 2.05) is 72.8 Å². The first-order chi connectivity index (χ1) is 15.3. The molecule has 0 aliphatic carbocycles. The van der Waals surface area contributed by atoms with Gasteiger partial charge in [-0.3, -0.25) is 0 Å². The Bertz CT molecular complexity index is 994. The molecule has 0 saturated carbocycles. The van der Waals surface area contributed by atoms with Crippen LogP contribution in [-0.4, -0.2) is 24.9 Å². The van der Waals surface area contributed by atoms with E-state index in [1.165, 1.54) is 0 Å². The Morgan fingerprint density at radius 3 is 2.26 bits per heavy atom. The number of rotatable bonds is 6. The molecule has 4 nitrogen and oxygen atoms in total. The van der Waals surface area contributed by atoms with Crippen LogP contribution in [0.2, 0.25) is 0 Å². The standard InChI is InChI=1S/C26H24O4S/c1-4-10-19(11-5-1)17-27-22-16-24(31-21-14-8-3-9-15-21)29-23-18-28-26(30-25(22)23)20-12-6-2-7-13-20/h1-16,22-23,25-26H,17-18H2/t22-,23-,25+,26?/m1/s1. The maximum atomic E-state index is 6.35. The third kappa shape index (κ3) is 5.02. The van der Waals surface area contributed by atoms with E-state index in [1.54, 1.807) is 11.8 Å². The van der Waals surface area contributed by atoms with Gasteiger partial charge >= 0.3 is 0 Å². The molecule has 3 aromatic rings. The first kappa shape index (κ1) is 20.3. The molecule has 2 aliphatic rings. The summed E-state index contributed by atoms with van der Waals surface area (Å²) in [5.74, 6) is 0. The van der Waals surface area contributed by atoms with Gasteiger partial charge in [0, 0.05) is 10.5 Å². The lowest BCUT2D eigenvalue weighted by Gasteiger charge is -2.42. The van der Waals surface area contributed by atoms with Crippen LogP contribution in [0.25, 0.3) is 0 Å². The third-order valence-corrected chi connectivity index (χ3v) is 6.21. The molecule has 0 radical (unpaired) electrons. The van der Waals surface area contributed by atoms with Gasteiger partial charge in [0.1, 0.15) is 12.2 Å². The van der Waals surface area contributed by atoms with Crippen molar-refractivity contribution in [3.63, 3.8) is 0 Å². The summed E-state index contributed by atoms with van der Waals surface area (Å²) in [6, 6.07) is 30.4. The number of hydrogen-bond donors (Lipinski definition) is 0. The summed E-state index contributed by atoms with van der Waals surface area (Å²) < 4.78 is 24.9. The number of hydrogen-bond acceptors (Lipinski definition) is 5. The lowest BCUT2D eigenvalue weighted by atomic mass is 10.0. The number of fused-ring (bicyclic) bond motifs is 1. The van der Waals surface area contributed by atoms with Gasteiger partial charge in [-0.15, -0.1) is 0 Å². The molecule has 0 spiro atoms. The van der Waals surface area contributed by atoms with Crippen LogP contribution < -0.4 is 0 Å². The average molecular weight is 433 g/mol. The predicted octanol–water partition coefficient (Wildman–Crippen LogP) is 5.72. The van der Waals surface area contributed by atoms with Crippen molar-refractivity contribution in [2.24, 2.45) is 0 Å². The molecule has 0 aromatic heterocycles. The molecule has 1 saturated heterocycles. The van der Waals surface area contributed by atoms with Gasteiger partial charge < -0.3 is 18.9 Å². The Balaban J connectivity index is 1.36. The van der Waals surface area contributed by atoms with Gasteiger partial charge in [-0.05, 0) is 23.8 Å². The Morgan fingerprint density at radius 2 is 1.52 bits per heavy atom. The van der Waals surface area contributed by atoms with Gasteiger partial charge in [-0.25, -0.2) is 0 Å². The molecule has 0 bridgehead atoms. The SMILES string of the molecule is C1=C(Sc2ccccc2)O[C@@H]2COC(c3ccccc3)O[C@H]2[C@@H]1OCc1ccccc1. The van der Waals surface area contributed by atoms with E-state index in [0.717, 1.165) is 21.1 Å². The summed E-state index contributed by atoms with van der Waals surface area (Å²) in [6.07, 6.45) is 0.903. The highest BCUT2D eigenvalue weighted by Crippen LogP contribution is 2.38. The van der Waals surface area contributed by atoms with Crippen LogP contribution in [0.1, 0.15) is 17.4 Å². The Morgan fingerprint density at radius 1 is 0.839 bits per heavy atom. The Hall–Kier alpha value is -2.57. The zero-order valence-corrected chi connectivity index (χ0v) is 17.8. The smallest absolute Gasteiger partial charge is 0.184 e. The van der Waals surface area contributed by atoms with Crippen molar-refractivity contribution in [1.29, 1.82) is 0 Å². The minimum absolute atomic E-state index is 0.225. The summed E-state index contributed by atoms with van der Waals surface area (Å²) in [6.45, 7) is 0.955. The molecular weight excluding hydrogens is 408 g/mol. The van der Waals surface area contributed by atoms with Crippen molar-refractivity contribution >= 4 is 11.8 Å². The van der Waals surface area contributed by atoms with E-state index in [0.29, 0.717) is 13.2 Å².